The largest absolute Gasteiger partial charge is 0.333 e. The molecule has 0 unspecified atom stereocenters. The second kappa shape index (κ2) is 3.46. The summed E-state index contributed by atoms with van der Waals surface area (Å²) < 4.78 is 0. The molecule has 72 valence electrons. The molecule has 0 saturated carbocycles. The van der Waals surface area contributed by atoms with E-state index >= 15 is 0 Å². The van der Waals surface area contributed by atoms with E-state index in [9.17, 15) is 4.79 Å². The van der Waals surface area contributed by atoms with Gasteiger partial charge in [-0.2, -0.15) is 0 Å². The molecule has 0 aliphatic heterocycles. The van der Waals surface area contributed by atoms with Gasteiger partial charge in [0.2, 0.25) is 0 Å². The number of ketones is 1. The van der Waals surface area contributed by atoms with Crippen LogP contribution in [0.2, 0.25) is 0 Å². The first-order valence-electron chi connectivity index (χ1n) is 4.25. The van der Waals surface area contributed by atoms with Crippen LogP contribution in [-0.2, 0) is 0 Å². The van der Waals surface area contributed by atoms with Crippen molar-refractivity contribution >= 4 is 28.6 Å². The van der Waals surface area contributed by atoms with Gasteiger partial charge in [0.25, 0.3) is 0 Å². The van der Waals surface area contributed by atoms with E-state index in [0.717, 1.165) is 16.2 Å². The number of carbonyl (C=O) groups excluding carboxylic acids is 1. The summed E-state index contributed by atoms with van der Waals surface area (Å²) in [7, 11) is 0. The summed E-state index contributed by atoms with van der Waals surface area (Å²) in [6, 6.07) is 5.50. The molecule has 4 heteroatoms. The second-order valence-electron chi connectivity index (χ2n) is 3.03. The van der Waals surface area contributed by atoms with Crippen molar-refractivity contribution < 1.29 is 4.79 Å². The lowest BCUT2D eigenvalue weighted by Gasteiger charge is -1.93. The first-order chi connectivity index (χ1) is 6.70. The molecule has 0 aliphatic carbocycles. The molecular formula is C10H10N2OS. The maximum absolute atomic E-state index is 11.1. The Labute approximate surface area is 85.9 Å². The van der Waals surface area contributed by atoms with Crippen LogP contribution in [0.1, 0.15) is 17.3 Å². The van der Waals surface area contributed by atoms with Crippen molar-refractivity contribution in [3.05, 3.63) is 23.8 Å². The number of Topliss-reactive ketones (excluding diaryl/α,β-unsaturated/α-hetero) is 1. The van der Waals surface area contributed by atoms with Crippen LogP contribution in [0.4, 0.5) is 0 Å². The number of thioether (sulfide) groups is 1. The Morgan fingerprint density at radius 1 is 1.50 bits per heavy atom. The summed E-state index contributed by atoms with van der Waals surface area (Å²) in [5.41, 5.74) is 2.54. The Kier molecular flexibility index (Phi) is 2.29. The minimum atomic E-state index is 0.0761. The highest BCUT2D eigenvalue weighted by Crippen LogP contribution is 2.18. The van der Waals surface area contributed by atoms with E-state index in [2.05, 4.69) is 9.97 Å². The maximum Gasteiger partial charge on any atom is 0.166 e. The van der Waals surface area contributed by atoms with Crippen molar-refractivity contribution in [2.45, 2.75) is 12.1 Å². The molecular weight excluding hydrogens is 196 g/mol. The van der Waals surface area contributed by atoms with Gasteiger partial charge in [0.15, 0.2) is 10.9 Å². The van der Waals surface area contributed by atoms with Gasteiger partial charge in [-0.05, 0) is 31.4 Å². The van der Waals surface area contributed by atoms with Gasteiger partial charge < -0.3 is 4.98 Å². The Morgan fingerprint density at radius 3 is 2.93 bits per heavy atom. The van der Waals surface area contributed by atoms with Crippen LogP contribution in [0.3, 0.4) is 0 Å². The van der Waals surface area contributed by atoms with Gasteiger partial charge in [0.1, 0.15) is 0 Å². The first-order valence-corrected chi connectivity index (χ1v) is 5.48. The third kappa shape index (κ3) is 1.53. The predicted molar refractivity (Wildman–Crippen MR) is 57.9 cm³/mol. The number of hydrogen-bond donors (Lipinski definition) is 1. The summed E-state index contributed by atoms with van der Waals surface area (Å²) >= 11 is 1.56. The lowest BCUT2D eigenvalue weighted by atomic mass is 10.1. The number of H-pyrrole nitrogens is 1. The minimum absolute atomic E-state index is 0.0761. The van der Waals surface area contributed by atoms with E-state index in [4.69, 9.17) is 0 Å². The number of carbonyl (C=O) groups is 1. The smallest absolute Gasteiger partial charge is 0.166 e. The van der Waals surface area contributed by atoms with Crippen molar-refractivity contribution in [3.8, 4) is 0 Å². The Hall–Kier alpha value is -1.29. The molecule has 0 atom stereocenters. The molecule has 0 amide bonds. The molecule has 0 spiro atoms. The van der Waals surface area contributed by atoms with Crippen LogP contribution in [0.25, 0.3) is 11.0 Å². The fourth-order valence-electron chi connectivity index (χ4n) is 1.30. The van der Waals surface area contributed by atoms with Crippen LogP contribution < -0.4 is 0 Å². The van der Waals surface area contributed by atoms with Gasteiger partial charge in [0, 0.05) is 5.56 Å². The lowest BCUT2D eigenvalue weighted by Crippen LogP contribution is -1.90. The van der Waals surface area contributed by atoms with Gasteiger partial charge in [-0.15, -0.1) is 0 Å². The molecule has 1 N–H and O–H groups in total. The summed E-state index contributed by atoms with van der Waals surface area (Å²) in [5.74, 6) is 0.0761. The van der Waals surface area contributed by atoms with E-state index in [1.807, 2.05) is 18.4 Å². The number of aromatic amines is 1. The van der Waals surface area contributed by atoms with Crippen molar-refractivity contribution in [3.63, 3.8) is 0 Å². The van der Waals surface area contributed by atoms with E-state index < -0.39 is 0 Å². The summed E-state index contributed by atoms with van der Waals surface area (Å²) in [5, 5.41) is 0.876. The zero-order chi connectivity index (χ0) is 10.1. The Bertz CT molecular complexity index is 490. The van der Waals surface area contributed by atoms with Gasteiger partial charge >= 0.3 is 0 Å². The van der Waals surface area contributed by atoms with Crippen LogP contribution in [0.5, 0.6) is 0 Å². The zero-order valence-electron chi connectivity index (χ0n) is 8.00. The standard InChI is InChI=1S/C10H10N2OS/c1-6(13)7-3-4-8-9(5-7)12-10(11-8)14-2/h3-5H,1-2H3,(H,11,12). The second-order valence-corrected chi connectivity index (χ2v) is 3.83. The van der Waals surface area contributed by atoms with Crippen LogP contribution >= 0.6 is 11.8 Å². The van der Waals surface area contributed by atoms with Crippen LogP contribution in [0.15, 0.2) is 23.4 Å². The van der Waals surface area contributed by atoms with Crippen molar-refractivity contribution in [2.75, 3.05) is 6.26 Å². The van der Waals surface area contributed by atoms with E-state index in [-0.39, 0.29) is 5.78 Å². The molecule has 2 aromatic rings. The molecule has 0 radical (unpaired) electrons. The number of nitrogens with one attached hydrogen (secondary N) is 1. The fourth-order valence-corrected chi connectivity index (χ4v) is 1.70. The monoisotopic (exact) mass is 206 g/mol. The third-order valence-corrected chi connectivity index (χ3v) is 2.64. The fraction of sp³-hybridized carbons (Fsp3) is 0.200. The number of imidazole rings is 1. The van der Waals surface area contributed by atoms with Crippen LogP contribution in [-0.4, -0.2) is 22.0 Å². The predicted octanol–water partition coefficient (Wildman–Crippen LogP) is 2.49. The number of nitrogens with zero attached hydrogens (tertiary/aromatic N) is 1. The lowest BCUT2D eigenvalue weighted by molar-refractivity contribution is 0.101. The molecule has 1 aromatic heterocycles. The third-order valence-electron chi connectivity index (χ3n) is 2.06. The van der Waals surface area contributed by atoms with Gasteiger partial charge in [0.05, 0.1) is 11.0 Å². The molecule has 14 heavy (non-hydrogen) atoms. The maximum atomic E-state index is 11.1. The summed E-state index contributed by atoms with van der Waals surface area (Å²) in [4.78, 5) is 18.6. The quantitative estimate of drug-likeness (QED) is 0.606. The molecule has 3 nitrogen and oxygen atoms in total. The number of benzene rings is 1. The topological polar surface area (TPSA) is 45.8 Å². The SMILES string of the molecule is CSc1nc2ccc(C(C)=O)cc2[nH]1. The Balaban J connectivity index is 2.59. The number of fused-ring (bicyclic) bond motifs is 1. The van der Waals surface area contributed by atoms with Gasteiger partial charge in [-0.1, -0.05) is 11.8 Å². The normalized spacial score (nSPS) is 10.7. The zero-order valence-corrected chi connectivity index (χ0v) is 8.81. The first kappa shape index (κ1) is 9.27. The van der Waals surface area contributed by atoms with Crippen molar-refractivity contribution in [1.82, 2.24) is 9.97 Å². The van der Waals surface area contributed by atoms with Gasteiger partial charge in [-0.25, -0.2) is 4.98 Å². The molecule has 0 saturated heterocycles. The molecule has 0 fully saturated rings. The van der Waals surface area contributed by atoms with Crippen molar-refractivity contribution in [2.24, 2.45) is 0 Å². The number of aromatic nitrogens is 2. The highest BCUT2D eigenvalue weighted by molar-refractivity contribution is 7.98. The van der Waals surface area contributed by atoms with Crippen molar-refractivity contribution in [1.29, 1.82) is 0 Å². The molecule has 0 bridgehead atoms. The molecule has 2 rings (SSSR count). The minimum Gasteiger partial charge on any atom is -0.333 e. The highest BCUT2D eigenvalue weighted by Gasteiger charge is 2.04. The molecule has 1 heterocycles. The average Bonchev–Trinajstić information content (AvgIpc) is 2.58. The summed E-state index contributed by atoms with van der Waals surface area (Å²) in [6.07, 6.45) is 1.96. The average molecular weight is 206 g/mol. The van der Waals surface area contributed by atoms with Gasteiger partial charge in [-0.3, -0.25) is 4.79 Å². The van der Waals surface area contributed by atoms with Crippen LogP contribution in [0, 0.1) is 0 Å². The van der Waals surface area contributed by atoms with E-state index in [1.54, 1.807) is 24.8 Å². The van der Waals surface area contributed by atoms with E-state index in [1.165, 1.54) is 0 Å². The number of rotatable bonds is 2. The van der Waals surface area contributed by atoms with E-state index in [0.29, 0.717) is 5.56 Å². The number of hydrogen-bond acceptors (Lipinski definition) is 3. The molecule has 1 aromatic carbocycles. The Morgan fingerprint density at radius 2 is 2.29 bits per heavy atom. The summed E-state index contributed by atoms with van der Waals surface area (Å²) in [6.45, 7) is 1.56. The molecule has 0 aliphatic rings. The highest BCUT2D eigenvalue weighted by atomic mass is 32.2.